The Hall–Kier alpha value is -3.87. The number of hydrogen-bond donors (Lipinski definition) is 1. The first kappa shape index (κ1) is 27.7. The molecule has 40 heavy (non-hydrogen) atoms. The van der Waals surface area contributed by atoms with E-state index in [1.54, 1.807) is 36.1 Å². The van der Waals surface area contributed by atoms with E-state index in [0.717, 1.165) is 11.5 Å². The highest BCUT2D eigenvalue weighted by Crippen LogP contribution is 2.51. The summed E-state index contributed by atoms with van der Waals surface area (Å²) in [6, 6.07) is 14.1. The summed E-state index contributed by atoms with van der Waals surface area (Å²) >= 11 is 0. The fraction of sp³-hybridized carbons (Fsp3) is 0.355. The third kappa shape index (κ3) is 4.93. The van der Waals surface area contributed by atoms with Gasteiger partial charge in [-0.15, -0.1) is 0 Å². The van der Waals surface area contributed by atoms with Crippen LogP contribution in [0.2, 0.25) is 0 Å². The minimum Gasteiger partial charge on any atom is -0.378 e. The van der Waals surface area contributed by atoms with Gasteiger partial charge >= 0.3 is 6.18 Å². The fourth-order valence-electron chi connectivity index (χ4n) is 5.40. The standard InChI is InChI=1S/C31H29F3N2O4/c1-2-15-36-28-22(8-5-6-10-26(37)35-16-18-40-19-17-35)12-14-25(31(32,33)34)27(28)30(39,29(36)38)24-13-11-21-7-3-4-9-23(21)20-24/h3-4,7,9,11-14,20,39H,2,6,10,15-19H2,1H3. The molecule has 1 saturated heterocycles. The first-order chi connectivity index (χ1) is 19.2. The Morgan fingerprint density at radius 2 is 1.80 bits per heavy atom. The van der Waals surface area contributed by atoms with Gasteiger partial charge in [-0.1, -0.05) is 55.2 Å². The molecule has 3 aromatic carbocycles. The van der Waals surface area contributed by atoms with E-state index in [1.165, 1.54) is 17.0 Å². The summed E-state index contributed by atoms with van der Waals surface area (Å²) < 4.78 is 48.4. The van der Waals surface area contributed by atoms with Crippen LogP contribution in [0.15, 0.2) is 54.6 Å². The van der Waals surface area contributed by atoms with Crippen LogP contribution in [0.3, 0.4) is 0 Å². The Labute approximate surface area is 230 Å². The highest BCUT2D eigenvalue weighted by atomic mass is 19.4. The van der Waals surface area contributed by atoms with Crippen molar-refractivity contribution in [1.29, 1.82) is 0 Å². The zero-order valence-electron chi connectivity index (χ0n) is 22.1. The predicted octanol–water partition coefficient (Wildman–Crippen LogP) is 4.84. The van der Waals surface area contributed by atoms with Crippen molar-refractivity contribution >= 4 is 28.3 Å². The molecule has 2 amide bonds. The van der Waals surface area contributed by atoms with Crippen LogP contribution in [0.1, 0.15) is 48.4 Å². The van der Waals surface area contributed by atoms with E-state index in [0.29, 0.717) is 38.1 Å². The van der Waals surface area contributed by atoms with Crippen molar-refractivity contribution in [2.75, 3.05) is 37.7 Å². The van der Waals surface area contributed by atoms with Crippen molar-refractivity contribution < 1.29 is 32.6 Å². The van der Waals surface area contributed by atoms with Gasteiger partial charge in [-0.3, -0.25) is 9.59 Å². The number of morpholine rings is 1. The van der Waals surface area contributed by atoms with Crippen LogP contribution >= 0.6 is 0 Å². The average molecular weight is 551 g/mol. The normalized spacial score (nSPS) is 19.0. The Morgan fingerprint density at radius 3 is 2.50 bits per heavy atom. The number of anilines is 1. The van der Waals surface area contributed by atoms with Crippen LogP contribution in [-0.4, -0.2) is 54.7 Å². The number of alkyl halides is 3. The molecule has 2 aliphatic rings. The third-order valence-corrected chi connectivity index (χ3v) is 7.33. The number of halogens is 3. The minimum absolute atomic E-state index is 0.0376. The molecule has 6 nitrogen and oxygen atoms in total. The maximum atomic E-state index is 14.4. The van der Waals surface area contributed by atoms with Gasteiger partial charge in [-0.05, 0) is 41.0 Å². The van der Waals surface area contributed by atoms with Gasteiger partial charge < -0.3 is 19.6 Å². The fourth-order valence-corrected chi connectivity index (χ4v) is 5.40. The lowest BCUT2D eigenvalue weighted by atomic mass is 9.83. The summed E-state index contributed by atoms with van der Waals surface area (Å²) in [5, 5.41) is 13.5. The summed E-state index contributed by atoms with van der Waals surface area (Å²) in [6.45, 7) is 3.90. The van der Waals surface area contributed by atoms with Gasteiger partial charge in [0.1, 0.15) is 0 Å². The Bertz CT molecular complexity index is 1520. The number of carbonyl (C=O) groups excluding carboxylic acids is 2. The Kier molecular flexibility index (Phi) is 7.58. The minimum atomic E-state index is -4.83. The van der Waals surface area contributed by atoms with Crippen molar-refractivity contribution in [3.8, 4) is 11.8 Å². The molecule has 5 rings (SSSR count). The summed E-state index contributed by atoms with van der Waals surface area (Å²) in [5.74, 6) is 4.88. The quantitative estimate of drug-likeness (QED) is 0.462. The van der Waals surface area contributed by atoms with Gasteiger partial charge in [0.05, 0.1) is 24.5 Å². The number of benzene rings is 3. The Morgan fingerprint density at radius 1 is 1.07 bits per heavy atom. The van der Waals surface area contributed by atoms with Crippen LogP contribution < -0.4 is 4.90 Å². The molecular weight excluding hydrogens is 521 g/mol. The highest BCUT2D eigenvalue weighted by molar-refractivity contribution is 6.11. The van der Waals surface area contributed by atoms with Gasteiger partial charge in [0.2, 0.25) is 5.91 Å². The van der Waals surface area contributed by atoms with E-state index in [2.05, 4.69) is 11.8 Å². The molecule has 0 saturated carbocycles. The van der Waals surface area contributed by atoms with Gasteiger partial charge in [0, 0.05) is 43.6 Å². The van der Waals surface area contributed by atoms with Crippen molar-refractivity contribution in [2.45, 2.75) is 38.0 Å². The number of fused-ring (bicyclic) bond motifs is 2. The van der Waals surface area contributed by atoms with Crippen molar-refractivity contribution in [2.24, 2.45) is 0 Å². The molecule has 9 heteroatoms. The predicted molar refractivity (Wildman–Crippen MR) is 145 cm³/mol. The van der Waals surface area contributed by atoms with Gasteiger partial charge in [0.25, 0.3) is 5.91 Å². The molecule has 0 aliphatic carbocycles. The molecule has 0 radical (unpaired) electrons. The second-order valence-corrected chi connectivity index (χ2v) is 9.91. The van der Waals surface area contributed by atoms with Crippen molar-refractivity contribution in [3.63, 3.8) is 0 Å². The van der Waals surface area contributed by atoms with E-state index in [9.17, 15) is 27.9 Å². The maximum absolute atomic E-state index is 14.4. The second-order valence-electron chi connectivity index (χ2n) is 9.91. The second kappa shape index (κ2) is 11.0. The first-order valence-corrected chi connectivity index (χ1v) is 13.3. The average Bonchev–Trinajstić information content (AvgIpc) is 3.18. The van der Waals surface area contributed by atoms with Gasteiger partial charge in [0.15, 0.2) is 5.60 Å². The lowest BCUT2D eigenvalue weighted by Gasteiger charge is -2.26. The zero-order chi connectivity index (χ0) is 28.5. The number of nitrogens with zero attached hydrogens (tertiary/aromatic N) is 2. The summed E-state index contributed by atoms with van der Waals surface area (Å²) in [4.78, 5) is 29.2. The molecule has 1 N–H and O–H groups in total. The van der Waals surface area contributed by atoms with Crippen molar-refractivity contribution in [3.05, 3.63) is 76.9 Å². The van der Waals surface area contributed by atoms with Crippen LogP contribution in [0.5, 0.6) is 0 Å². The molecule has 0 spiro atoms. The van der Waals surface area contributed by atoms with E-state index in [4.69, 9.17) is 4.74 Å². The molecule has 1 unspecified atom stereocenters. The number of ether oxygens (including phenoxy) is 1. The smallest absolute Gasteiger partial charge is 0.378 e. The van der Waals surface area contributed by atoms with Crippen LogP contribution in [0.25, 0.3) is 10.8 Å². The van der Waals surface area contributed by atoms with Crippen LogP contribution in [0, 0.1) is 11.8 Å². The molecule has 3 aromatic rings. The Balaban J connectivity index is 1.59. The monoisotopic (exact) mass is 550 g/mol. The number of hydrogen-bond acceptors (Lipinski definition) is 4. The van der Waals surface area contributed by atoms with Gasteiger partial charge in [-0.25, -0.2) is 0 Å². The molecular formula is C31H29F3N2O4. The molecule has 0 aromatic heterocycles. The maximum Gasteiger partial charge on any atom is 0.416 e. The molecule has 1 atom stereocenters. The summed E-state index contributed by atoms with van der Waals surface area (Å²) in [7, 11) is 0. The molecule has 2 heterocycles. The lowest BCUT2D eigenvalue weighted by molar-refractivity contribution is -0.142. The third-order valence-electron chi connectivity index (χ3n) is 7.33. The molecule has 2 aliphatic heterocycles. The number of rotatable bonds is 5. The van der Waals surface area contributed by atoms with Crippen molar-refractivity contribution in [1.82, 2.24) is 4.90 Å². The highest BCUT2D eigenvalue weighted by Gasteiger charge is 2.56. The lowest BCUT2D eigenvalue weighted by Crippen LogP contribution is -2.42. The van der Waals surface area contributed by atoms with Crippen LogP contribution in [0.4, 0.5) is 18.9 Å². The zero-order valence-corrected chi connectivity index (χ0v) is 22.1. The summed E-state index contributed by atoms with van der Waals surface area (Å²) in [5.41, 5.74) is -3.93. The molecule has 208 valence electrons. The molecule has 1 fully saturated rings. The molecule has 0 bridgehead atoms. The first-order valence-electron chi connectivity index (χ1n) is 13.3. The summed E-state index contributed by atoms with van der Waals surface area (Å²) in [6.07, 6.45) is -4.01. The van der Waals surface area contributed by atoms with E-state index in [-0.39, 0.29) is 42.1 Å². The largest absolute Gasteiger partial charge is 0.416 e. The van der Waals surface area contributed by atoms with E-state index in [1.807, 2.05) is 12.1 Å². The van der Waals surface area contributed by atoms with E-state index >= 15 is 0 Å². The number of aliphatic hydroxyl groups is 1. The topological polar surface area (TPSA) is 70.1 Å². The van der Waals surface area contributed by atoms with Gasteiger partial charge in [-0.2, -0.15) is 13.2 Å². The SMILES string of the molecule is CCCN1C(=O)C(O)(c2ccc3ccccc3c2)c2c(C(F)(F)F)ccc(C#CCCC(=O)N3CCOCC3)c21. The van der Waals surface area contributed by atoms with E-state index < -0.39 is 28.8 Å². The van der Waals surface area contributed by atoms with Crippen LogP contribution in [-0.2, 0) is 26.1 Å². The number of amides is 2. The number of carbonyl (C=O) groups is 2.